The molecule has 0 radical (unpaired) electrons. The summed E-state index contributed by atoms with van der Waals surface area (Å²) in [5, 5.41) is 3.44. The Morgan fingerprint density at radius 3 is 2.60 bits per heavy atom. The first-order chi connectivity index (χ1) is 12.3. The summed E-state index contributed by atoms with van der Waals surface area (Å²) < 4.78 is 0. The lowest BCUT2D eigenvalue weighted by Gasteiger charge is -2.36. The molecule has 6 heteroatoms. The van der Waals surface area contributed by atoms with E-state index in [1.54, 1.807) is 11.3 Å². The molecular formula is C19H27N5S. The summed E-state index contributed by atoms with van der Waals surface area (Å²) in [6.07, 6.45) is 0. The second kappa shape index (κ2) is 8.97. The van der Waals surface area contributed by atoms with E-state index in [0.717, 1.165) is 50.9 Å². The van der Waals surface area contributed by atoms with Crippen molar-refractivity contribution >= 4 is 17.3 Å². The fraction of sp³-hybridized carbons (Fsp3) is 0.474. The molecule has 25 heavy (non-hydrogen) atoms. The summed E-state index contributed by atoms with van der Waals surface area (Å²) >= 11 is 1.69. The molecule has 1 fully saturated rings. The maximum absolute atomic E-state index is 4.83. The molecule has 1 aliphatic rings. The number of thiazole rings is 1. The summed E-state index contributed by atoms with van der Waals surface area (Å²) in [5.74, 6) is 1.02. The topological polar surface area (TPSA) is 43.8 Å². The molecule has 3 rings (SSSR count). The molecule has 1 aliphatic heterocycles. The van der Waals surface area contributed by atoms with Gasteiger partial charge in [-0.1, -0.05) is 30.3 Å². The van der Waals surface area contributed by atoms with Gasteiger partial charge in [0.25, 0.3) is 0 Å². The van der Waals surface area contributed by atoms with Crippen molar-refractivity contribution in [3.63, 3.8) is 0 Å². The van der Waals surface area contributed by atoms with Gasteiger partial charge >= 0.3 is 0 Å². The minimum atomic E-state index is 0.711. The largest absolute Gasteiger partial charge is 0.357 e. The number of benzene rings is 1. The lowest BCUT2D eigenvalue weighted by molar-refractivity contribution is 0.172. The van der Waals surface area contributed by atoms with Crippen molar-refractivity contribution in [1.29, 1.82) is 0 Å². The molecule has 0 unspecified atom stereocenters. The first-order valence-corrected chi connectivity index (χ1v) is 9.82. The Morgan fingerprint density at radius 2 is 1.96 bits per heavy atom. The Balaban J connectivity index is 1.56. The van der Waals surface area contributed by atoms with E-state index in [2.05, 4.69) is 64.3 Å². The second-order valence-corrected chi connectivity index (χ2v) is 7.22. The summed E-state index contributed by atoms with van der Waals surface area (Å²) in [6.45, 7) is 11.0. The number of piperazine rings is 1. The zero-order valence-electron chi connectivity index (χ0n) is 15.1. The highest BCUT2D eigenvalue weighted by Gasteiger charge is 2.19. The van der Waals surface area contributed by atoms with Gasteiger partial charge in [0.2, 0.25) is 0 Å². The normalized spacial score (nSPS) is 16.2. The van der Waals surface area contributed by atoms with E-state index in [4.69, 9.17) is 4.99 Å². The lowest BCUT2D eigenvalue weighted by Crippen LogP contribution is -2.52. The van der Waals surface area contributed by atoms with E-state index in [0.29, 0.717) is 6.54 Å². The van der Waals surface area contributed by atoms with Crippen molar-refractivity contribution in [3.05, 3.63) is 52.0 Å². The lowest BCUT2D eigenvalue weighted by atomic mass is 10.2. The molecule has 0 bridgehead atoms. The predicted molar refractivity (Wildman–Crippen MR) is 105 cm³/mol. The highest BCUT2D eigenvalue weighted by atomic mass is 32.1. The molecule has 0 amide bonds. The molecule has 1 saturated heterocycles. The highest BCUT2D eigenvalue weighted by molar-refractivity contribution is 7.09. The van der Waals surface area contributed by atoms with Crippen LogP contribution in [0.15, 0.2) is 40.8 Å². The monoisotopic (exact) mass is 357 g/mol. The van der Waals surface area contributed by atoms with Gasteiger partial charge in [-0.2, -0.15) is 0 Å². The van der Waals surface area contributed by atoms with Crippen LogP contribution in [0.1, 0.15) is 23.1 Å². The number of rotatable bonds is 5. The van der Waals surface area contributed by atoms with Gasteiger partial charge in [0, 0.05) is 44.1 Å². The van der Waals surface area contributed by atoms with Gasteiger partial charge in [-0.25, -0.2) is 9.98 Å². The molecule has 5 nitrogen and oxygen atoms in total. The van der Waals surface area contributed by atoms with E-state index >= 15 is 0 Å². The molecule has 0 atom stereocenters. The Kier molecular flexibility index (Phi) is 6.42. The van der Waals surface area contributed by atoms with Crippen molar-refractivity contribution in [3.8, 4) is 0 Å². The van der Waals surface area contributed by atoms with Crippen LogP contribution in [-0.2, 0) is 13.1 Å². The van der Waals surface area contributed by atoms with Crippen LogP contribution in [0.25, 0.3) is 0 Å². The quantitative estimate of drug-likeness (QED) is 0.660. The Morgan fingerprint density at radius 1 is 1.20 bits per heavy atom. The summed E-state index contributed by atoms with van der Waals surface area (Å²) in [6, 6.07) is 10.7. The third-order valence-corrected chi connectivity index (χ3v) is 5.39. The third kappa shape index (κ3) is 5.03. The molecule has 1 aromatic heterocycles. The van der Waals surface area contributed by atoms with Crippen LogP contribution in [0.3, 0.4) is 0 Å². The third-order valence-electron chi connectivity index (χ3n) is 4.47. The van der Waals surface area contributed by atoms with Crippen molar-refractivity contribution in [1.82, 2.24) is 20.1 Å². The Hall–Kier alpha value is -1.92. The molecule has 1 N–H and O–H groups in total. The molecule has 0 aliphatic carbocycles. The highest BCUT2D eigenvalue weighted by Crippen LogP contribution is 2.14. The minimum Gasteiger partial charge on any atom is -0.357 e. The second-order valence-electron chi connectivity index (χ2n) is 6.28. The molecule has 0 spiro atoms. The van der Waals surface area contributed by atoms with Crippen molar-refractivity contribution in [2.24, 2.45) is 4.99 Å². The number of nitrogens with one attached hydrogen (secondary N) is 1. The fourth-order valence-electron chi connectivity index (χ4n) is 3.01. The van der Waals surface area contributed by atoms with E-state index in [1.807, 2.05) is 5.51 Å². The molecular weight excluding hydrogens is 330 g/mol. The summed E-state index contributed by atoms with van der Waals surface area (Å²) in [4.78, 5) is 15.3. The zero-order chi connectivity index (χ0) is 17.5. The Bertz CT molecular complexity index is 674. The molecule has 2 heterocycles. The van der Waals surface area contributed by atoms with E-state index < -0.39 is 0 Å². The molecule has 134 valence electrons. The SMILES string of the molecule is CCNC(=NCc1scnc1C)N1CCN(Cc2ccccc2)CC1. The molecule has 2 aromatic rings. The average molecular weight is 358 g/mol. The van der Waals surface area contributed by atoms with Crippen LogP contribution in [0, 0.1) is 6.92 Å². The fourth-order valence-corrected chi connectivity index (χ4v) is 3.71. The average Bonchev–Trinajstić information content (AvgIpc) is 3.05. The number of nitrogens with zero attached hydrogens (tertiary/aromatic N) is 4. The van der Waals surface area contributed by atoms with Gasteiger partial charge in [0.1, 0.15) is 0 Å². The van der Waals surface area contributed by atoms with Gasteiger partial charge in [-0.3, -0.25) is 4.90 Å². The summed E-state index contributed by atoms with van der Waals surface area (Å²) in [5.41, 5.74) is 4.38. The van der Waals surface area contributed by atoms with Gasteiger partial charge in [-0.15, -0.1) is 11.3 Å². The molecule has 1 aromatic carbocycles. The zero-order valence-corrected chi connectivity index (χ0v) is 15.9. The van der Waals surface area contributed by atoms with Crippen LogP contribution in [-0.4, -0.2) is 53.5 Å². The van der Waals surface area contributed by atoms with E-state index in [1.165, 1.54) is 10.4 Å². The van der Waals surface area contributed by atoms with Crippen LogP contribution < -0.4 is 5.32 Å². The minimum absolute atomic E-state index is 0.711. The van der Waals surface area contributed by atoms with E-state index in [-0.39, 0.29) is 0 Å². The van der Waals surface area contributed by atoms with Crippen LogP contribution in [0.2, 0.25) is 0 Å². The Labute approximate surface area is 154 Å². The van der Waals surface area contributed by atoms with Gasteiger partial charge in [-0.05, 0) is 19.4 Å². The smallest absolute Gasteiger partial charge is 0.194 e. The van der Waals surface area contributed by atoms with Crippen LogP contribution in [0.4, 0.5) is 0 Å². The van der Waals surface area contributed by atoms with Crippen molar-refractivity contribution in [2.45, 2.75) is 26.9 Å². The first-order valence-electron chi connectivity index (χ1n) is 8.94. The standard InChI is InChI=1S/C19H27N5S/c1-3-20-19(21-13-18-16(2)22-15-25-18)24-11-9-23(10-12-24)14-17-7-5-4-6-8-17/h4-8,15H,3,9-14H2,1-2H3,(H,20,21). The number of guanidine groups is 1. The van der Waals surface area contributed by atoms with Crippen molar-refractivity contribution < 1.29 is 0 Å². The number of hydrogen-bond acceptors (Lipinski definition) is 4. The van der Waals surface area contributed by atoms with E-state index in [9.17, 15) is 0 Å². The number of aryl methyl sites for hydroxylation is 1. The number of hydrogen-bond donors (Lipinski definition) is 1. The summed E-state index contributed by atoms with van der Waals surface area (Å²) in [7, 11) is 0. The van der Waals surface area contributed by atoms with Gasteiger partial charge < -0.3 is 10.2 Å². The number of aliphatic imine (C=N–C) groups is 1. The first kappa shape index (κ1) is 17.9. The van der Waals surface area contributed by atoms with Crippen LogP contribution in [0.5, 0.6) is 0 Å². The van der Waals surface area contributed by atoms with Crippen LogP contribution >= 0.6 is 11.3 Å². The maximum atomic E-state index is 4.83. The predicted octanol–water partition coefficient (Wildman–Crippen LogP) is 2.73. The molecule has 0 saturated carbocycles. The van der Waals surface area contributed by atoms with Crippen molar-refractivity contribution in [2.75, 3.05) is 32.7 Å². The maximum Gasteiger partial charge on any atom is 0.194 e. The van der Waals surface area contributed by atoms with Gasteiger partial charge in [0.05, 0.1) is 17.7 Å². The van der Waals surface area contributed by atoms with Gasteiger partial charge in [0.15, 0.2) is 5.96 Å². The number of aromatic nitrogens is 1.